The maximum Gasteiger partial charge on any atom is 0.407 e. The number of carboxylic acid groups (broad SMARTS) is 1. The monoisotopic (exact) mass is 466 g/mol. The van der Waals surface area contributed by atoms with E-state index in [0.29, 0.717) is 19.4 Å². The number of likely N-dealkylation sites (tertiary alicyclic amines) is 1. The molecule has 2 N–H and O–H groups in total. The standard InChI is InChI=1S/C26H30N2O6/c1-17-14-18(25(30)31)10-12-28(17)24(29)16-33-13-11-27-26(32)34-15-23-21-8-4-2-6-19(21)20-7-3-5-9-22(20)23/h2-9,17-18,23H,10-16H2,1H3,(H,27,32)(H,30,31). The molecule has 2 amide bonds. The summed E-state index contributed by atoms with van der Waals surface area (Å²) >= 11 is 0. The van der Waals surface area contributed by atoms with Crippen molar-refractivity contribution in [3.63, 3.8) is 0 Å². The summed E-state index contributed by atoms with van der Waals surface area (Å²) in [6.07, 6.45) is 0.375. The molecule has 0 radical (unpaired) electrons. The largest absolute Gasteiger partial charge is 0.481 e. The van der Waals surface area contributed by atoms with Gasteiger partial charge < -0.3 is 24.8 Å². The van der Waals surface area contributed by atoms with Crippen LogP contribution in [0.25, 0.3) is 11.1 Å². The van der Waals surface area contributed by atoms with Gasteiger partial charge in [-0.2, -0.15) is 0 Å². The first-order valence-corrected chi connectivity index (χ1v) is 11.6. The van der Waals surface area contributed by atoms with Gasteiger partial charge in [-0.15, -0.1) is 0 Å². The van der Waals surface area contributed by atoms with E-state index in [9.17, 15) is 14.4 Å². The number of carbonyl (C=O) groups is 3. The first-order valence-electron chi connectivity index (χ1n) is 11.6. The van der Waals surface area contributed by atoms with Gasteiger partial charge in [0, 0.05) is 25.0 Å². The number of fused-ring (bicyclic) bond motifs is 3. The summed E-state index contributed by atoms with van der Waals surface area (Å²) in [5.41, 5.74) is 4.65. The fourth-order valence-electron chi connectivity index (χ4n) is 4.88. The Morgan fingerprint density at radius 3 is 2.32 bits per heavy atom. The molecule has 180 valence electrons. The van der Waals surface area contributed by atoms with E-state index in [1.54, 1.807) is 4.90 Å². The molecule has 0 bridgehead atoms. The lowest BCUT2D eigenvalue weighted by atomic mass is 9.92. The average molecular weight is 467 g/mol. The molecule has 2 aromatic rings. The first kappa shape index (κ1) is 23.8. The number of hydrogen-bond acceptors (Lipinski definition) is 5. The smallest absolute Gasteiger partial charge is 0.407 e. The summed E-state index contributed by atoms with van der Waals surface area (Å²) in [6, 6.07) is 16.2. The van der Waals surface area contributed by atoms with Crippen molar-refractivity contribution in [1.29, 1.82) is 0 Å². The third-order valence-electron chi connectivity index (χ3n) is 6.63. The van der Waals surface area contributed by atoms with Crippen LogP contribution in [0.2, 0.25) is 0 Å². The number of carbonyl (C=O) groups excluding carboxylic acids is 2. The van der Waals surface area contributed by atoms with Crippen LogP contribution in [-0.2, 0) is 19.1 Å². The zero-order valence-electron chi connectivity index (χ0n) is 19.2. The number of rotatable bonds is 8. The van der Waals surface area contributed by atoms with Crippen LogP contribution < -0.4 is 5.32 Å². The van der Waals surface area contributed by atoms with Crippen LogP contribution in [0, 0.1) is 5.92 Å². The van der Waals surface area contributed by atoms with E-state index in [4.69, 9.17) is 14.6 Å². The maximum atomic E-state index is 12.4. The summed E-state index contributed by atoms with van der Waals surface area (Å²) in [7, 11) is 0. The zero-order valence-corrected chi connectivity index (χ0v) is 19.2. The van der Waals surface area contributed by atoms with Gasteiger partial charge in [0.15, 0.2) is 0 Å². The van der Waals surface area contributed by atoms with E-state index in [0.717, 1.165) is 11.1 Å². The molecule has 1 heterocycles. The Morgan fingerprint density at radius 2 is 1.71 bits per heavy atom. The molecular weight excluding hydrogens is 436 g/mol. The van der Waals surface area contributed by atoms with E-state index >= 15 is 0 Å². The average Bonchev–Trinajstić information content (AvgIpc) is 3.16. The molecule has 8 nitrogen and oxygen atoms in total. The molecule has 1 fully saturated rings. The number of aliphatic carboxylic acids is 1. The fraction of sp³-hybridized carbons (Fsp3) is 0.423. The summed E-state index contributed by atoms with van der Waals surface area (Å²) in [6.45, 7) is 2.80. The first-order chi connectivity index (χ1) is 16.5. The number of carboxylic acids is 1. The molecule has 2 unspecified atom stereocenters. The Labute approximate surface area is 198 Å². The van der Waals surface area contributed by atoms with Crippen LogP contribution in [0.15, 0.2) is 48.5 Å². The minimum absolute atomic E-state index is 0.000668. The number of alkyl carbamates (subject to hydrolysis) is 1. The summed E-state index contributed by atoms with van der Waals surface area (Å²) < 4.78 is 10.9. The van der Waals surface area contributed by atoms with Crippen molar-refractivity contribution in [2.24, 2.45) is 5.92 Å². The number of ether oxygens (including phenoxy) is 2. The number of nitrogens with zero attached hydrogens (tertiary/aromatic N) is 1. The van der Waals surface area contributed by atoms with E-state index in [1.165, 1.54) is 11.1 Å². The molecule has 1 aliphatic heterocycles. The molecule has 1 saturated heterocycles. The maximum absolute atomic E-state index is 12.4. The summed E-state index contributed by atoms with van der Waals surface area (Å²) in [4.78, 5) is 37.4. The minimum atomic E-state index is -0.811. The Bertz CT molecular complexity index is 1010. The van der Waals surface area contributed by atoms with E-state index in [-0.39, 0.29) is 44.2 Å². The number of piperidine rings is 1. The van der Waals surface area contributed by atoms with Gasteiger partial charge in [0.2, 0.25) is 5.91 Å². The topological polar surface area (TPSA) is 105 Å². The summed E-state index contributed by atoms with van der Waals surface area (Å²) in [5, 5.41) is 11.8. The highest BCUT2D eigenvalue weighted by atomic mass is 16.5. The predicted octanol–water partition coefficient (Wildman–Crippen LogP) is 3.25. The predicted molar refractivity (Wildman–Crippen MR) is 125 cm³/mol. The molecule has 0 spiro atoms. The molecule has 4 rings (SSSR count). The molecule has 0 saturated carbocycles. The Hall–Kier alpha value is -3.39. The van der Waals surface area contributed by atoms with Gasteiger partial charge in [-0.05, 0) is 42.0 Å². The normalized spacial score (nSPS) is 19.3. The zero-order chi connectivity index (χ0) is 24.1. The quantitative estimate of drug-likeness (QED) is 0.579. The molecule has 1 aliphatic carbocycles. The van der Waals surface area contributed by atoms with Gasteiger partial charge in [-0.25, -0.2) is 4.79 Å². The van der Waals surface area contributed by atoms with Crippen LogP contribution in [0.3, 0.4) is 0 Å². The Balaban J connectivity index is 1.16. The number of benzene rings is 2. The molecule has 2 aliphatic rings. The molecule has 0 aromatic heterocycles. The number of hydrogen-bond donors (Lipinski definition) is 2. The van der Waals surface area contributed by atoms with Gasteiger partial charge in [0.25, 0.3) is 0 Å². The van der Waals surface area contributed by atoms with Crippen molar-refractivity contribution in [2.75, 3.05) is 32.9 Å². The fourth-order valence-corrected chi connectivity index (χ4v) is 4.88. The Kier molecular flexibility index (Phi) is 7.47. The third kappa shape index (κ3) is 5.22. The summed E-state index contributed by atoms with van der Waals surface area (Å²) in [5.74, 6) is -1.38. The number of amides is 2. The van der Waals surface area contributed by atoms with Crippen molar-refractivity contribution >= 4 is 18.0 Å². The van der Waals surface area contributed by atoms with Crippen LogP contribution in [0.4, 0.5) is 4.79 Å². The van der Waals surface area contributed by atoms with Crippen LogP contribution in [0.5, 0.6) is 0 Å². The highest BCUT2D eigenvalue weighted by Gasteiger charge is 2.32. The van der Waals surface area contributed by atoms with Crippen molar-refractivity contribution in [1.82, 2.24) is 10.2 Å². The molecule has 2 aromatic carbocycles. The van der Waals surface area contributed by atoms with Gasteiger partial charge >= 0.3 is 12.1 Å². The van der Waals surface area contributed by atoms with E-state index in [2.05, 4.69) is 29.6 Å². The molecule has 2 atom stereocenters. The lowest BCUT2D eigenvalue weighted by Crippen LogP contribution is -2.47. The van der Waals surface area contributed by atoms with Crippen LogP contribution in [-0.4, -0.2) is 66.9 Å². The number of nitrogens with one attached hydrogen (secondary N) is 1. The van der Waals surface area contributed by atoms with Crippen LogP contribution >= 0.6 is 0 Å². The molecular formula is C26H30N2O6. The second-order valence-corrected chi connectivity index (χ2v) is 8.80. The molecule has 8 heteroatoms. The van der Waals surface area contributed by atoms with E-state index < -0.39 is 18.0 Å². The van der Waals surface area contributed by atoms with E-state index in [1.807, 2.05) is 31.2 Å². The minimum Gasteiger partial charge on any atom is -0.481 e. The van der Waals surface area contributed by atoms with Crippen molar-refractivity contribution < 1.29 is 29.0 Å². The molecule has 34 heavy (non-hydrogen) atoms. The lowest BCUT2D eigenvalue weighted by molar-refractivity contribution is -0.149. The highest BCUT2D eigenvalue weighted by molar-refractivity contribution is 5.79. The van der Waals surface area contributed by atoms with Gasteiger partial charge in [-0.1, -0.05) is 48.5 Å². The van der Waals surface area contributed by atoms with Crippen molar-refractivity contribution in [2.45, 2.75) is 31.7 Å². The highest BCUT2D eigenvalue weighted by Crippen LogP contribution is 2.44. The van der Waals surface area contributed by atoms with Crippen molar-refractivity contribution in [3.05, 3.63) is 59.7 Å². The second kappa shape index (κ2) is 10.7. The van der Waals surface area contributed by atoms with Gasteiger partial charge in [0.05, 0.1) is 12.5 Å². The SMILES string of the molecule is CC1CC(C(=O)O)CCN1C(=O)COCCNC(=O)OCC1c2ccccc2-c2ccccc21. The lowest BCUT2D eigenvalue weighted by Gasteiger charge is -2.36. The third-order valence-corrected chi connectivity index (χ3v) is 6.63. The second-order valence-electron chi connectivity index (χ2n) is 8.80. The van der Waals surface area contributed by atoms with Gasteiger partial charge in [0.1, 0.15) is 13.2 Å². The van der Waals surface area contributed by atoms with Crippen LogP contribution in [0.1, 0.15) is 36.8 Å². The Morgan fingerprint density at radius 1 is 1.06 bits per heavy atom. The van der Waals surface area contributed by atoms with Crippen molar-refractivity contribution in [3.8, 4) is 11.1 Å². The van der Waals surface area contributed by atoms with Gasteiger partial charge in [-0.3, -0.25) is 9.59 Å².